The molecule has 2 rings (SSSR count). The first-order valence-corrected chi connectivity index (χ1v) is 8.47. The quantitative estimate of drug-likeness (QED) is 0.853. The van der Waals surface area contributed by atoms with Crippen molar-refractivity contribution in [3.63, 3.8) is 0 Å². The van der Waals surface area contributed by atoms with E-state index in [1.165, 1.54) is 0 Å². The van der Waals surface area contributed by atoms with Crippen LogP contribution in [0.1, 0.15) is 20.3 Å². The fourth-order valence-electron chi connectivity index (χ4n) is 2.37. The van der Waals surface area contributed by atoms with Gasteiger partial charge in [0.05, 0.1) is 4.90 Å². The molecule has 6 heteroatoms. The Bertz CT molecular complexity index is 708. The molecule has 0 fully saturated rings. The van der Waals surface area contributed by atoms with Gasteiger partial charge in [-0.25, -0.2) is 13.1 Å². The van der Waals surface area contributed by atoms with E-state index in [9.17, 15) is 8.42 Å². The Kier molecular flexibility index (Phi) is 4.92. The Labute approximate surface area is 125 Å². The summed E-state index contributed by atoms with van der Waals surface area (Å²) < 4.78 is 27.9. The van der Waals surface area contributed by atoms with Crippen LogP contribution in [0.2, 0.25) is 0 Å². The third kappa shape index (κ3) is 3.78. The molecule has 1 aromatic heterocycles. The van der Waals surface area contributed by atoms with Gasteiger partial charge in [0.1, 0.15) is 0 Å². The van der Waals surface area contributed by atoms with E-state index in [-0.39, 0.29) is 17.5 Å². The van der Waals surface area contributed by atoms with Crippen molar-refractivity contribution in [2.75, 3.05) is 6.54 Å². The van der Waals surface area contributed by atoms with Crippen LogP contribution in [0.5, 0.6) is 0 Å². The highest BCUT2D eigenvalue weighted by Gasteiger charge is 2.21. The van der Waals surface area contributed by atoms with Crippen LogP contribution in [-0.4, -0.2) is 26.0 Å². The number of nitrogens with one attached hydrogen (secondary N) is 1. The molecule has 0 aliphatic carbocycles. The lowest BCUT2D eigenvalue weighted by Crippen LogP contribution is -2.41. The third-order valence-electron chi connectivity index (χ3n) is 3.29. The molecule has 5 nitrogen and oxygen atoms in total. The highest BCUT2D eigenvalue weighted by molar-refractivity contribution is 7.89. The van der Waals surface area contributed by atoms with E-state index in [0.717, 1.165) is 5.39 Å². The number of benzene rings is 1. The Morgan fingerprint density at radius 1 is 1.29 bits per heavy atom. The van der Waals surface area contributed by atoms with Crippen LogP contribution in [0.15, 0.2) is 41.6 Å². The largest absolute Gasteiger partial charge is 0.329 e. The standard InChI is InChI=1S/C15H21N3O2S/c1-11(2)8-13(9-16)18-21(19,20)15-5-3-4-12-10-17-7-6-14(12)15/h3-7,10-11,13,18H,8-9,16H2,1-2H3/t13-/m1/s1. The van der Waals surface area contributed by atoms with E-state index < -0.39 is 10.0 Å². The average molecular weight is 307 g/mol. The van der Waals surface area contributed by atoms with Crippen molar-refractivity contribution in [2.45, 2.75) is 31.2 Å². The minimum Gasteiger partial charge on any atom is -0.329 e. The number of nitrogens with two attached hydrogens (primary N) is 1. The van der Waals surface area contributed by atoms with Gasteiger partial charge >= 0.3 is 0 Å². The first kappa shape index (κ1) is 15.9. The van der Waals surface area contributed by atoms with Crippen molar-refractivity contribution in [1.29, 1.82) is 0 Å². The second-order valence-corrected chi connectivity index (χ2v) is 7.22. The second kappa shape index (κ2) is 6.51. The van der Waals surface area contributed by atoms with E-state index in [2.05, 4.69) is 9.71 Å². The van der Waals surface area contributed by atoms with Crippen molar-refractivity contribution >= 4 is 20.8 Å². The summed E-state index contributed by atoms with van der Waals surface area (Å²) in [6, 6.07) is 6.62. The summed E-state index contributed by atoms with van der Waals surface area (Å²) >= 11 is 0. The topological polar surface area (TPSA) is 85.1 Å². The van der Waals surface area contributed by atoms with Crippen molar-refractivity contribution < 1.29 is 8.42 Å². The predicted molar refractivity (Wildman–Crippen MR) is 84.4 cm³/mol. The average Bonchev–Trinajstić information content (AvgIpc) is 2.45. The number of nitrogens with zero attached hydrogens (tertiary/aromatic N) is 1. The molecule has 21 heavy (non-hydrogen) atoms. The molecule has 1 atom stereocenters. The van der Waals surface area contributed by atoms with Gasteiger partial charge in [-0.1, -0.05) is 26.0 Å². The molecule has 0 amide bonds. The number of hydrogen-bond donors (Lipinski definition) is 2. The van der Waals surface area contributed by atoms with Crippen molar-refractivity contribution in [1.82, 2.24) is 9.71 Å². The molecule has 0 saturated carbocycles. The van der Waals surface area contributed by atoms with Crippen molar-refractivity contribution in [3.05, 3.63) is 36.7 Å². The smallest absolute Gasteiger partial charge is 0.241 e. The molecular weight excluding hydrogens is 286 g/mol. The summed E-state index contributed by atoms with van der Waals surface area (Å²) in [4.78, 5) is 4.29. The Morgan fingerprint density at radius 3 is 2.71 bits per heavy atom. The molecule has 0 unspecified atom stereocenters. The number of fused-ring (bicyclic) bond motifs is 1. The monoisotopic (exact) mass is 307 g/mol. The van der Waals surface area contributed by atoms with E-state index >= 15 is 0 Å². The fraction of sp³-hybridized carbons (Fsp3) is 0.400. The van der Waals surface area contributed by atoms with Gasteiger partial charge in [-0.2, -0.15) is 0 Å². The highest BCUT2D eigenvalue weighted by Crippen LogP contribution is 2.22. The number of aromatic nitrogens is 1. The number of rotatable bonds is 6. The van der Waals surface area contributed by atoms with Gasteiger partial charge in [0.2, 0.25) is 10.0 Å². The number of pyridine rings is 1. The molecule has 0 aliphatic heterocycles. The van der Waals surface area contributed by atoms with Crippen LogP contribution in [-0.2, 0) is 10.0 Å². The first-order valence-electron chi connectivity index (χ1n) is 6.99. The van der Waals surface area contributed by atoms with Gasteiger partial charge in [-0.05, 0) is 24.5 Å². The normalized spacial score (nSPS) is 13.7. The van der Waals surface area contributed by atoms with Crippen LogP contribution in [0, 0.1) is 5.92 Å². The maximum Gasteiger partial charge on any atom is 0.241 e. The van der Waals surface area contributed by atoms with Crippen LogP contribution >= 0.6 is 0 Å². The second-order valence-electron chi connectivity index (χ2n) is 5.54. The first-order chi connectivity index (χ1) is 9.94. The summed E-state index contributed by atoms with van der Waals surface area (Å²) in [5, 5.41) is 1.47. The number of sulfonamides is 1. The lowest BCUT2D eigenvalue weighted by Gasteiger charge is -2.19. The summed E-state index contributed by atoms with van der Waals surface area (Å²) in [7, 11) is -3.60. The lowest BCUT2D eigenvalue weighted by atomic mass is 10.1. The predicted octanol–water partition coefficient (Wildman–Crippen LogP) is 1.89. The van der Waals surface area contributed by atoms with Crippen LogP contribution in [0.25, 0.3) is 10.8 Å². The van der Waals surface area contributed by atoms with Gasteiger partial charge in [-0.3, -0.25) is 4.98 Å². The molecule has 0 bridgehead atoms. The van der Waals surface area contributed by atoms with Crippen LogP contribution in [0.4, 0.5) is 0 Å². The molecule has 1 aromatic carbocycles. The molecule has 0 saturated heterocycles. The SMILES string of the molecule is CC(C)C[C@H](CN)NS(=O)(=O)c1cccc2cnccc12. The molecule has 1 heterocycles. The van der Waals surface area contributed by atoms with Gasteiger partial charge in [0.15, 0.2) is 0 Å². The van der Waals surface area contributed by atoms with Crippen LogP contribution < -0.4 is 10.5 Å². The molecule has 0 aliphatic rings. The fourth-order valence-corrected chi connectivity index (χ4v) is 3.86. The molecule has 2 aromatic rings. The Hall–Kier alpha value is -1.50. The van der Waals surface area contributed by atoms with Gasteiger partial charge in [-0.15, -0.1) is 0 Å². The minimum absolute atomic E-state index is 0.257. The van der Waals surface area contributed by atoms with Crippen LogP contribution in [0.3, 0.4) is 0 Å². The van der Waals surface area contributed by atoms with Gasteiger partial charge in [0.25, 0.3) is 0 Å². The van der Waals surface area contributed by atoms with E-state index in [1.54, 1.807) is 30.6 Å². The zero-order valence-corrected chi connectivity index (χ0v) is 13.1. The summed E-state index contributed by atoms with van der Waals surface area (Å²) in [5.74, 6) is 0.373. The molecule has 114 valence electrons. The zero-order chi connectivity index (χ0) is 15.5. The third-order valence-corrected chi connectivity index (χ3v) is 4.87. The Morgan fingerprint density at radius 2 is 2.05 bits per heavy atom. The maximum atomic E-state index is 12.6. The van der Waals surface area contributed by atoms with E-state index in [0.29, 0.717) is 17.7 Å². The van der Waals surface area contributed by atoms with E-state index in [4.69, 9.17) is 5.73 Å². The summed E-state index contributed by atoms with van der Waals surface area (Å²) in [5.41, 5.74) is 5.68. The zero-order valence-electron chi connectivity index (χ0n) is 12.3. The Balaban J connectivity index is 2.38. The summed E-state index contributed by atoms with van der Waals surface area (Å²) in [6.07, 6.45) is 3.96. The van der Waals surface area contributed by atoms with Crippen molar-refractivity contribution in [2.24, 2.45) is 11.7 Å². The molecule has 0 spiro atoms. The molecular formula is C15H21N3O2S. The minimum atomic E-state index is -3.60. The lowest BCUT2D eigenvalue weighted by molar-refractivity contribution is 0.465. The van der Waals surface area contributed by atoms with Gasteiger partial charge in [0, 0.05) is 35.8 Å². The van der Waals surface area contributed by atoms with Crippen molar-refractivity contribution in [3.8, 4) is 0 Å². The number of hydrogen-bond acceptors (Lipinski definition) is 4. The van der Waals surface area contributed by atoms with E-state index in [1.807, 2.05) is 19.9 Å². The van der Waals surface area contributed by atoms with Gasteiger partial charge < -0.3 is 5.73 Å². The highest BCUT2D eigenvalue weighted by atomic mass is 32.2. The molecule has 3 N–H and O–H groups in total. The molecule has 0 radical (unpaired) electrons. The summed E-state index contributed by atoms with van der Waals surface area (Å²) in [6.45, 7) is 4.37. The maximum absolute atomic E-state index is 12.6.